The minimum atomic E-state index is -0.656. The molecule has 0 bridgehead atoms. The fourth-order valence-corrected chi connectivity index (χ4v) is 2.14. The van der Waals surface area contributed by atoms with Crippen LogP contribution in [0.4, 0.5) is 5.69 Å². The average molecular weight is 266 g/mol. The number of nitrogens with zero attached hydrogens (tertiary/aromatic N) is 1. The molecule has 0 N–H and O–H groups in total. The maximum Gasteiger partial charge on any atom is 0.299 e. The second-order valence-electron chi connectivity index (χ2n) is 4.17. The normalized spacial score (nSPS) is 14.0. The van der Waals surface area contributed by atoms with E-state index in [0.29, 0.717) is 17.1 Å². The molecule has 94 valence electrons. The first-order valence-electron chi connectivity index (χ1n) is 5.72. The van der Waals surface area contributed by atoms with E-state index in [4.69, 9.17) is 11.6 Å². The number of Topliss-reactive ketones (excluding diaryl/α,β-unsaturated/α-hetero) is 2. The standard InChI is InChI=1S/C13H12ClNO3/c1-2-3-9(16)7-15-11-5-4-8(14)6-10(11)12(17)13(15)18/h4-6H,2-3,7H2,1H3. The van der Waals surface area contributed by atoms with E-state index in [1.54, 1.807) is 12.1 Å². The molecule has 1 aliphatic rings. The van der Waals surface area contributed by atoms with Crippen LogP contribution in [-0.2, 0) is 9.59 Å². The number of ketones is 2. The maximum atomic E-state index is 11.8. The third-order valence-corrected chi connectivity index (χ3v) is 3.03. The molecule has 0 saturated heterocycles. The zero-order chi connectivity index (χ0) is 13.3. The number of fused-ring (bicyclic) bond motifs is 1. The largest absolute Gasteiger partial charge is 0.299 e. The Hall–Kier alpha value is -1.68. The first-order chi connectivity index (χ1) is 8.54. The Bertz CT molecular complexity index is 539. The minimum absolute atomic E-state index is 0.0486. The Morgan fingerprint density at radius 2 is 2.06 bits per heavy atom. The molecule has 1 aromatic carbocycles. The van der Waals surface area contributed by atoms with Gasteiger partial charge < -0.3 is 0 Å². The van der Waals surface area contributed by atoms with E-state index in [-0.39, 0.29) is 17.9 Å². The number of carbonyl (C=O) groups is 3. The lowest BCUT2D eigenvalue weighted by Crippen LogP contribution is -2.34. The van der Waals surface area contributed by atoms with Crippen molar-refractivity contribution < 1.29 is 14.4 Å². The summed E-state index contributed by atoms with van der Waals surface area (Å²) in [5.74, 6) is -1.31. The fraction of sp³-hybridized carbons (Fsp3) is 0.308. The van der Waals surface area contributed by atoms with Crippen LogP contribution in [0.15, 0.2) is 18.2 Å². The highest BCUT2D eigenvalue weighted by Gasteiger charge is 2.36. The van der Waals surface area contributed by atoms with E-state index in [1.165, 1.54) is 11.0 Å². The summed E-state index contributed by atoms with van der Waals surface area (Å²) in [5, 5.41) is 0.400. The molecule has 0 aliphatic carbocycles. The van der Waals surface area contributed by atoms with E-state index in [9.17, 15) is 14.4 Å². The average Bonchev–Trinajstić information content (AvgIpc) is 2.55. The van der Waals surface area contributed by atoms with Crippen LogP contribution in [-0.4, -0.2) is 24.0 Å². The van der Waals surface area contributed by atoms with Crippen LogP contribution in [0.2, 0.25) is 5.02 Å². The lowest BCUT2D eigenvalue weighted by molar-refractivity contribution is -0.120. The van der Waals surface area contributed by atoms with Crippen molar-refractivity contribution in [3.8, 4) is 0 Å². The highest BCUT2D eigenvalue weighted by Crippen LogP contribution is 2.31. The van der Waals surface area contributed by atoms with Crippen molar-refractivity contribution in [1.29, 1.82) is 0 Å². The van der Waals surface area contributed by atoms with Crippen molar-refractivity contribution in [2.24, 2.45) is 0 Å². The molecular formula is C13H12ClNO3. The summed E-state index contributed by atoms with van der Waals surface area (Å²) in [6, 6.07) is 4.66. The van der Waals surface area contributed by atoms with Gasteiger partial charge in [0.1, 0.15) is 0 Å². The van der Waals surface area contributed by atoms with Crippen molar-refractivity contribution in [2.75, 3.05) is 11.4 Å². The molecule has 1 heterocycles. The van der Waals surface area contributed by atoms with Crippen molar-refractivity contribution in [1.82, 2.24) is 0 Å². The molecule has 0 radical (unpaired) electrons. The lowest BCUT2D eigenvalue weighted by atomic mass is 10.1. The number of anilines is 1. The summed E-state index contributed by atoms with van der Waals surface area (Å²) in [5.41, 5.74) is 0.746. The second kappa shape index (κ2) is 4.90. The summed E-state index contributed by atoms with van der Waals surface area (Å²) in [6.45, 7) is 1.84. The molecule has 1 amide bonds. The van der Waals surface area contributed by atoms with Gasteiger partial charge in [-0.15, -0.1) is 0 Å². The van der Waals surface area contributed by atoms with Crippen molar-refractivity contribution in [3.63, 3.8) is 0 Å². The van der Waals surface area contributed by atoms with Gasteiger partial charge in [0.2, 0.25) is 0 Å². The molecule has 4 nitrogen and oxygen atoms in total. The summed E-state index contributed by atoms with van der Waals surface area (Å²) in [4.78, 5) is 36.4. The molecule has 0 unspecified atom stereocenters. The molecule has 0 aromatic heterocycles. The Morgan fingerprint density at radius 1 is 1.33 bits per heavy atom. The van der Waals surface area contributed by atoms with E-state index < -0.39 is 11.7 Å². The highest BCUT2D eigenvalue weighted by molar-refractivity contribution is 6.53. The van der Waals surface area contributed by atoms with Crippen LogP contribution in [0, 0.1) is 0 Å². The monoisotopic (exact) mass is 265 g/mol. The number of hydrogen-bond acceptors (Lipinski definition) is 3. The van der Waals surface area contributed by atoms with Crippen molar-refractivity contribution in [3.05, 3.63) is 28.8 Å². The van der Waals surface area contributed by atoms with Crippen LogP contribution in [0.1, 0.15) is 30.1 Å². The van der Waals surface area contributed by atoms with Gasteiger partial charge in [-0.2, -0.15) is 0 Å². The zero-order valence-corrected chi connectivity index (χ0v) is 10.7. The molecule has 2 rings (SSSR count). The fourth-order valence-electron chi connectivity index (χ4n) is 1.96. The van der Waals surface area contributed by atoms with Gasteiger partial charge in [-0.05, 0) is 24.6 Å². The quantitative estimate of drug-likeness (QED) is 0.785. The van der Waals surface area contributed by atoms with Crippen molar-refractivity contribution >= 4 is 34.8 Å². The zero-order valence-electron chi connectivity index (χ0n) is 9.90. The molecule has 0 saturated carbocycles. The van der Waals surface area contributed by atoms with Gasteiger partial charge in [0.15, 0.2) is 5.78 Å². The van der Waals surface area contributed by atoms with Crippen LogP contribution >= 0.6 is 11.6 Å². The van der Waals surface area contributed by atoms with E-state index >= 15 is 0 Å². The predicted molar refractivity (Wildman–Crippen MR) is 68.1 cm³/mol. The molecule has 1 aromatic rings. The van der Waals surface area contributed by atoms with Crippen LogP contribution in [0.5, 0.6) is 0 Å². The number of carbonyl (C=O) groups excluding carboxylic acids is 3. The predicted octanol–water partition coefficient (Wildman–Crippen LogP) is 2.24. The summed E-state index contributed by atoms with van der Waals surface area (Å²) in [6.07, 6.45) is 1.13. The van der Waals surface area contributed by atoms with Gasteiger partial charge in [-0.1, -0.05) is 18.5 Å². The van der Waals surface area contributed by atoms with Crippen LogP contribution < -0.4 is 4.90 Å². The summed E-state index contributed by atoms with van der Waals surface area (Å²) >= 11 is 5.79. The van der Waals surface area contributed by atoms with E-state index in [0.717, 1.165) is 6.42 Å². The molecule has 0 atom stereocenters. The molecular weight excluding hydrogens is 254 g/mol. The summed E-state index contributed by atoms with van der Waals surface area (Å²) < 4.78 is 0. The number of rotatable bonds is 4. The first kappa shape index (κ1) is 12.8. The Morgan fingerprint density at radius 3 is 2.72 bits per heavy atom. The molecule has 5 heteroatoms. The summed E-state index contributed by atoms with van der Waals surface area (Å²) in [7, 11) is 0. The molecule has 1 aliphatic heterocycles. The number of benzene rings is 1. The SMILES string of the molecule is CCCC(=O)CN1C(=O)C(=O)c2cc(Cl)ccc21. The third-order valence-electron chi connectivity index (χ3n) is 2.80. The van der Waals surface area contributed by atoms with Gasteiger partial charge in [0, 0.05) is 11.4 Å². The first-order valence-corrected chi connectivity index (χ1v) is 6.10. The third kappa shape index (κ3) is 2.16. The molecule has 0 spiro atoms. The van der Waals surface area contributed by atoms with Gasteiger partial charge in [-0.3, -0.25) is 19.3 Å². The Kier molecular flexibility index (Phi) is 3.48. The van der Waals surface area contributed by atoms with E-state index in [1.807, 2.05) is 6.92 Å². The van der Waals surface area contributed by atoms with Gasteiger partial charge in [-0.25, -0.2) is 0 Å². The Balaban J connectivity index is 2.31. The second-order valence-corrected chi connectivity index (χ2v) is 4.61. The van der Waals surface area contributed by atoms with Gasteiger partial charge >= 0.3 is 0 Å². The highest BCUT2D eigenvalue weighted by atomic mass is 35.5. The number of amides is 1. The van der Waals surface area contributed by atoms with Gasteiger partial charge in [0.25, 0.3) is 11.7 Å². The molecule has 18 heavy (non-hydrogen) atoms. The topological polar surface area (TPSA) is 54.5 Å². The minimum Gasteiger partial charge on any atom is -0.298 e. The van der Waals surface area contributed by atoms with Crippen LogP contribution in [0.25, 0.3) is 0 Å². The van der Waals surface area contributed by atoms with Gasteiger partial charge in [0.05, 0.1) is 17.8 Å². The van der Waals surface area contributed by atoms with E-state index in [2.05, 4.69) is 0 Å². The van der Waals surface area contributed by atoms with Crippen LogP contribution in [0.3, 0.4) is 0 Å². The lowest BCUT2D eigenvalue weighted by Gasteiger charge is -2.15. The number of halogens is 1. The number of hydrogen-bond donors (Lipinski definition) is 0. The maximum absolute atomic E-state index is 11.8. The smallest absolute Gasteiger partial charge is 0.298 e. The van der Waals surface area contributed by atoms with Crippen molar-refractivity contribution in [2.45, 2.75) is 19.8 Å². The molecule has 0 fully saturated rings. The Labute approximate surface area is 110 Å².